The van der Waals surface area contributed by atoms with Crippen LogP contribution in [0.5, 0.6) is 0 Å². The van der Waals surface area contributed by atoms with Gasteiger partial charge in [0.2, 0.25) is 0 Å². The molecule has 3 rings (SSSR count). The number of carbonyl (C=O) groups excluding carboxylic acids is 2. The van der Waals surface area contributed by atoms with Gasteiger partial charge in [0.25, 0.3) is 17.5 Å². The largest absolute Gasteiger partial charge is 0.322 e. The van der Waals surface area contributed by atoms with Gasteiger partial charge >= 0.3 is 0 Å². The quantitative estimate of drug-likeness (QED) is 0.514. The van der Waals surface area contributed by atoms with Crippen LogP contribution in [0.3, 0.4) is 0 Å². The fourth-order valence-electron chi connectivity index (χ4n) is 2.26. The Morgan fingerprint density at radius 3 is 2.37 bits per heavy atom. The third-order valence-electron chi connectivity index (χ3n) is 3.56. The van der Waals surface area contributed by atoms with Crippen molar-refractivity contribution >= 4 is 39.7 Å². The second-order valence-electron chi connectivity index (χ2n) is 5.59. The molecule has 27 heavy (non-hydrogen) atoms. The van der Waals surface area contributed by atoms with Crippen LogP contribution in [0.15, 0.2) is 53.9 Å². The Kier molecular flexibility index (Phi) is 5.23. The highest BCUT2D eigenvalue weighted by atomic mass is 32.1. The molecule has 0 radical (unpaired) electrons. The average Bonchev–Trinajstić information content (AvgIpc) is 3.06. The van der Waals surface area contributed by atoms with E-state index in [1.807, 2.05) is 12.3 Å². The van der Waals surface area contributed by atoms with Crippen molar-refractivity contribution in [2.45, 2.75) is 6.92 Å². The summed E-state index contributed by atoms with van der Waals surface area (Å²) >= 11 is 1.33. The van der Waals surface area contributed by atoms with Crippen molar-refractivity contribution in [2.75, 3.05) is 10.6 Å². The zero-order valence-corrected chi connectivity index (χ0v) is 14.9. The molecule has 2 aromatic carbocycles. The van der Waals surface area contributed by atoms with E-state index in [0.717, 1.165) is 5.69 Å². The van der Waals surface area contributed by atoms with Crippen LogP contribution in [-0.4, -0.2) is 21.7 Å². The molecule has 0 bridgehead atoms. The van der Waals surface area contributed by atoms with E-state index in [0.29, 0.717) is 16.4 Å². The Morgan fingerprint density at radius 1 is 1.04 bits per heavy atom. The topological polar surface area (TPSA) is 114 Å². The number of nitrogens with zero attached hydrogens (tertiary/aromatic N) is 2. The minimum absolute atomic E-state index is 0.0948. The van der Waals surface area contributed by atoms with E-state index in [2.05, 4.69) is 15.6 Å². The summed E-state index contributed by atoms with van der Waals surface area (Å²) in [4.78, 5) is 38.9. The van der Waals surface area contributed by atoms with Crippen molar-refractivity contribution in [1.82, 2.24) is 4.98 Å². The van der Waals surface area contributed by atoms with Crippen LogP contribution in [-0.2, 0) is 0 Å². The molecule has 0 spiro atoms. The molecule has 0 fully saturated rings. The Morgan fingerprint density at radius 2 is 1.74 bits per heavy atom. The van der Waals surface area contributed by atoms with Gasteiger partial charge in [-0.25, -0.2) is 4.98 Å². The lowest BCUT2D eigenvalue weighted by atomic mass is 10.1. The van der Waals surface area contributed by atoms with Crippen molar-refractivity contribution in [3.63, 3.8) is 0 Å². The highest BCUT2D eigenvalue weighted by Crippen LogP contribution is 2.18. The number of non-ortho nitro benzene ring substituents is 1. The number of rotatable bonds is 5. The van der Waals surface area contributed by atoms with Gasteiger partial charge in [-0.05, 0) is 37.3 Å². The standard InChI is InChI=1S/C18H14N4O4S/c1-11-10-27-18(19-11)21-17(24)13-3-2-4-14(9-13)20-16(23)12-5-7-15(8-6-12)22(25)26/h2-10H,1H3,(H,20,23)(H,19,21,24). The first-order valence-corrected chi connectivity index (χ1v) is 8.70. The third kappa shape index (κ3) is 4.53. The number of thiazole rings is 1. The monoisotopic (exact) mass is 382 g/mol. The summed E-state index contributed by atoms with van der Waals surface area (Å²) in [6.45, 7) is 1.83. The third-order valence-corrected chi connectivity index (χ3v) is 4.44. The molecular formula is C18H14N4O4S. The number of hydrogen-bond donors (Lipinski definition) is 2. The van der Waals surface area contributed by atoms with Crippen molar-refractivity contribution in [1.29, 1.82) is 0 Å². The molecule has 0 unspecified atom stereocenters. The van der Waals surface area contributed by atoms with Gasteiger partial charge in [0.05, 0.1) is 10.6 Å². The van der Waals surface area contributed by atoms with E-state index < -0.39 is 10.8 Å². The van der Waals surface area contributed by atoms with Gasteiger partial charge in [0.1, 0.15) is 0 Å². The zero-order chi connectivity index (χ0) is 19.4. The van der Waals surface area contributed by atoms with Crippen LogP contribution < -0.4 is 10.6 Å². The lowest BCUT2D eigenvalue weighted by molar-refractivity contribution is -0.384. The summed E-state index contributed by atoms with van der Waals surface area (Å²) in [6, 6.07) is 11.7. The smallest absolute Gasteiger partial charge is 0.269 e. The predicted octanol–water partition coefficient (Wildman–Crippen LogP) is 3.86. The molecule has 0 saturated heterocycles. The molecular weight excluding hydrogens is 368 g/mol. The number of nitro benzene ring substituents is 1. The van der Waals surface area contributed by atoms with Gasteiger partial charge < -0.3 is 5.32 Å². The maximum atomic E-state index is 12.3. The molecule has 8 nitrogen and oxygen atoms in total. The van der Waals surface area contributed by atoms with E-state index >= 15 is 0 Å². The summed E-state index contributed by atoms with van der Waals surface area (Å²) in [5.41, 5.74) is 1.79. The lowest BCUT2D eigenvalue weighted by Gasteiger charge is -2.07. The second kappa shape index (κ2) is 7.75. The van der Waals surface area contributed by atoms with Crippen LogP contribution >= 0.6 is 11.3 Å². The summed E-state index contributed by atoms with van der Waals surface area (Å²) in [5.74, 6) is -0.770. The molecule has 1 heterocycles. The van der Waals surface area contributed by atoms with Crippen LogP contribution in [0.4, 0.5) is 16.5 Å². The fourth-order valence-corrected chi connectivity index (χ4v) is 2.94. The van der Waals surface area contributed by atoms with E-state index in [1.165, 1.54) is 35.6 Å². The van der Waals surface area contributed by atoms with Gasteiger partial charge in [-0.3, -0.25) is 25.0 Å². The maximum Gasteiger partial charge on any atom is 0.269 e. The number of benzene rings is 2. The predicted molar refractivity (Wildman–Crippen MR) is 102 cm³/mol. The lowest BCUT2D eigenvalue weighted by Crippen LogP contribution is -2.14. The number of hydrogen-bond acceptors (Lipinski definition) is 6. The highest BCUT2D eigenvalue weighted by molar-refractivity contribution is 7.13. The molecule has 2 N–H and O–H groups in total. The van der Waals surface area contributed by atoms with E-state index in [4.69, 9.17) is 0 Å². The van der Waals surface area contributed by atoms with Gasteiger partial charge in [-0.15, -0.1) is 11.3 Å². The van der Waals surface area contributed by atoms with Crippen LogP contribution in [0.2, 0.25) is 0 Å². The number of nitrogens with one attached hydrogen (secondary N) is 2. The van der Waals surface area contributed by atoms with E-state index in [-0.39, 0.29) is 17.2 Å². The minimum Gasteiger partial charge on any atom is -0.322 e. The molecule has 9 heteroatoms. The second-order valence-corrected chi connectivity index (χ2v) is 6.45. The van der Waals surface area contributed by atoms with Gasteiger partial charge in [-0.1, -0.05) is 6.07 Å². The van der Waals surface area contributed by atoms with E-state index in [1.54, 1.807) is 24.3 Å². The summed E-state index contributed by atoms with van der Waals surface area (Å²) in [7, 11) is 0. The normalized spacial score (nSPS) is 10.3. The fraction of sp³-hybridized carbons (Fsp3) is 0.0556. The van der Waals surface area contributed by atoms with Crippen molar-refractivity contribution < 1.29 is 14.5 Å². The highest BCUT2D eigenvalue weighted by Gasteiger charge is 2.12. The Balaban J connectivity index is 1.70. The van der Waals surface area contributed by atoms with Crippen LogP contribution in [0.25, 0.3) is 0 Å². The number of aromatic nitrogens is 1. The summed E-state index contributed by atoms with van der Waals surface area (Å²) in [6.07, 6.45) is 0. The molecule has 0 aliphatic rings. The first-order chi connectivity index (χ1) is 12.9. The van der Waals surface area contributed by atoms with Crippen molar-refractivity contribution in [3.05, 3.63) is 80.8 Å². The average molecular weight is 382 g/mol. The van der Waals surface area contributed by atoms with Gasteiger partial charge in [0.15, 0.2) is 5.13 Å². The first kappa shape index (κ1) is 18.2. The summed E-state index contributed by atoms with van der Waals surface area (Å²) < 4.78 is 0. The number of anilines is 2. The minimum atomic E-state index is -0.534. The van der Waals surface area contributed by atoms with Crippen LogP contribution in [0, 0.1) is 17.0 Å². The molecule has 0 aliphatic carbocycles. The summed E-state index contributed by atoms with van der Waals surface area (Å²) in [5, 5.41) is 18.4. The molecule has 136 valence electrons. The first-order valence-electron chi connectivity index (χ1n) is 7.82. The maximum absolute atomic E-state index is 12.3. The molecule has 0 saturated carbocycles. The van der Waals surface area contributed by atoms with Gasteiger partial charge in [-0.2, -0.15) is 0 Å². The molecule has 0 atom stereocenters. The Hall–Kier alpha value is -3.59. The van der Waals surface area contributed by atoms with Gasteiger partial charge in [0, 0.05) is 34.3 Å². The zero-order valence-electron chi connectivity index (χ0n) is 14.1. The molecule has 1 aromatic heterocycles. The number of nitro groups is 1. The van der Waals surface area contributed by atoms with Crippen LogP contribution in [0.1, 0.15) is 26.4 Å². The van der Waals surface area contributed by atoms with Crippen molar-refractivity contribution in [2.24, 2.45) is 0 Å². The Bertz CT molecular complexity index is 1010. The van der Waals surface area contributed by atoms with E-state index in [9.17, 15) is 19.7 Å². The Labute approximate surface area is 158 Å². The van der Waals surface area contributed by atoms with Crippen molar-refractivity contribution in [3.8, 4) is 0 Å². The molecule has 3 aromatic rings. The molecule has 0 aliphatic heterocycles. The number of aryl methyl sites for hydroxylation is 1. The SMILES string of the molecule is Cc1csc(NC(=O)c2cccc(NC(=O)c3ccc([N+](=O)[O-])cc3)c2)n1. The molecule has 2 amide bonds. The number of amides is 2. The number of carbonyl (C=O) groups is 2.